The Morgan fingerprint density at radius 3 is 2.90 bits per heavy atom. The third-order valence-electron chi connectivity index (χ3n) is 6.35. The van der Waals surface area contributed by atoms with Crippen LogP contribution in [-0.2, 0) is 26.1 Å². The lowest BCUT2D eigenvalue weighted by atomic mass is 9.53. The quantitative estimate of drug-likeness (QED) is 0.449. The van der Waals surface area contributed by atoms with Gasteiger partial charge in [-0.3, -0.25) is 4.79 Å². The van der Waals surface area contributed by atoms with Gasteiger partial charge in [0.15, 0.2) is 0 Å². The number of carbonyl (C=O) groups is 2. The standard InChI is InChI=1S/C21H29NO4.CH2O2/c1-14(2)26-20(23)25-13-24-16-7-6-15-11-19-17-5-3-4-8-21(17,9-10-22-19)18(15)12-16;2-1-3/h6-7,12,14,17,19,22H,3-5,8-11,13H2,1-2H3;1H,(H,2,3)/t17-,19+,21+;/m0./s1. The van der Waals surface area contributed by atoms with Crippen molar-refractivity contribution in [3.05, 3.63) is 29.3 Å². The number of fused-ring (bicyclic) bond motifs is 1. The molecule has 0 spiro atoms. The van der Waals surface area contributed by atoms with Crippen LogP contribution in [0, 0.1) is 5.92 Å². The molecule has 1 aromatic carbocycles. The largest absolute Gasteiger partial charge is 0.511 e. The first-order valence-corrected chi connectivity index (χ1v) is 10.4. The Kier molecular flexibility index (Phi) is 7.00. The maximum absolute atomic E-state index is 11.5. The Bertz CT molecular complexity index is 717. The zero-order valence-corrected chi connectivity index (χ0v) is 17.2. The van der Waals surface area contributed by atoms with Gasteiger partial charge in [0.25, 0.3) is 6.47 Å². The molecule has 0 unspecified atom stereocenters. The van der Waals surface area contributed by atoms with Gasteiger partial charge in [-0.2, -0.15) is 0 Å². The van der Waals surface area contributed by atoms with E-state index in [1.165, 1.54) is 43.2 Å². The lowest BCUT2D eigenvalue weighted by Gasteiger charge is -2.56. The number of benzene rings is 1. The average Bonchev–Trinajstić information content (AvgIpc) is 2.68. The molecule has 0 amide bonds. The van der Waals surface area contributed by atoms with Gasteiger partial charge in [-0.25, -0.2) is 4.79 Å². The van der Waals surface area contributed by atoms with Crippen LogP contribution in [0.15, 0.2) is 18.2 Å². The minimum atomic E-state index is -0.690. The molecule has 1 saturated heterocycles. The number of hydrogen-bond acceptors (Lipinski definition) is 6. The molecule has 0 aromatic heterocycles. The summed E-state index contributed by atoms with van der Waals surface area (Å²) in [4.78, 5) is 19.8. The molecule has 7 nitrogen and oxygen atoms in total. The van der Waals surface area contributed by atoms with Crippen molar-refractivity contribution < 1.29 is 28.9 Å². The lowest BCUT2D eigenvalue weighted by molar-refractivity contribution is -0.122. The second kappa shape index (κ2) is 9.48. The number of carboxylic acid groups (broad SMARTS) is 1. The van der Waals surface area contributed by atoms with Gasteiger partial charge < -0.3 is 24.6 Å². The van der Waals surface area contributed by atoms with Gasteiger partial charge in [0.1, 0.15) is 5.75 Å². The van der Waals surface area contributed by atoms with Crippen molar-refractivity contribution in [3.63, 3.8) is 0 Å². The fourth-order valence-electron chi connectivity index (χ4n) is 5.37. The first-order valence-electron chi connectivity index (χ1n) is 10.4. The molecule has 1 heterocycles. The molecule has 2 N–H and O–H groups in total. The highest BCUT2D eigenvalue weighted by Crippen LogP contribution is 2.54. The molecular weight excluding hydrogens is 374 g/mol. The fraction of sp³-hybridized carbons (Fsp3) is 0.636. The number of ether oxygens (including phenoxy) is 3. The molecule has 7 heteroatoms. The van der Waals surface area contributed by atoms with Gasteiger partial charge >= 0.3 is 6.16 Å². The van der Waals surface area contributed by atoms with Crippen LogP contribution in [0.3, 0.4) is 0 Å². The number of hydrogen-bond donors (Lipinski definition) is 2. The summed E-state index contributed by atoms with van der Waals surface area (Å²) in [7, 11) is 0. The molecule has 2 fully saturated rings. The highest BCUT2D eigenvalue weighted by atomic mass is 16.8. The van der Waals surface area contributed by atoms with E-state index >= 15 is 0 Å². The summed E-state index contributed by atoms with van der Waals surface area (Å²) >= 11 is 0. The number of carbonyl (C=O) groups excluding carboxylic acids is 1. The fourth-order valence-corrected chi connectivity index (χ4v) is 5.37. The summed E-state index contributed by atoms with van der Waals surface area (Å²) in [6.45, 7) is 4.32. The number of nitrogens with one attached hydrogen (secondary N) is 1. The second-order valence-corrected chi connectivity index (χ2v) is 8.27. The van der Waals surface area contributed by atoms with Crippen molar-refractivity contribution in [1.82, 2.24) is 5.32 Å². The van der Waals surface area contributed by atoms with Crippen LogP contribution in [-0.4, -0.2) is 43.2 Å². The van der Waals surface area contributed by atoms with Crippen molar-refractivity contribution >= 4 is 12.6 Å². The molecule has 1 saturated carbocycles. The summed E-state index contributed by atoms with van der Waals surface area (Å²) in [5, 5.41) is 10.6. The zero-order chi connectivity index (χ0) is 20.9. The van der Waals surface area contributed by atoms with Crippen LogP contribution < -0.4 is 10.1 Å². The molecule has 3 aliphatic rings. The van der Waals surface area contributed by atoms with E-state index in [9.17, 15) is 4.79 Å². The normalized spacial score (nSPS) is 26.9. The molecule has 29 heavy (non-hydrogen) atoms. The summed E-state index contributed by atoms with van der Waals surface area (Å²) in [6.07, 6.45) is 6.71. The van der Waals surface area contributed by atoms with Crippen molar-refractivity contribution in [3.8, 4) is 5.75 Å². The van der Waals surface area contributed by atoms with Crippen LogP contribution in [0.2, 0.25) is 0 Å². The topological polar surface area (TPSA) is 94.1 Å². The van der Waals surface area contributed by atoms with Crippen molar-refractivity contribution in [2.75, 3.05) is 13.3 Å². The third-order valence-corrected chi connectivity index (χ3v) is 6.35. The SMILES string of the molecule is CC(C)OC(=O)OCOc1ccc2c(c1)[C@@]13CCCC[C@H]1[C@@H](C2)NCC3.O=CO. The smallest absolute Gasteiger partial charge is 0.483 e. The molecule has 0 radical (unpaired) electrons. The predicted molar refractivity (Wildman–Crippen MR) is 107 cm³/mol. The number of rotatable bonds is 4. The van der Waals surface area contributed by atoms with Gasteiger partial charge in [-0.05, 0) is 75.3 Å². The van der Waals surface area contributed by atoms with Crippen LogP contribution in [0.4, 0.5) is 4.79 Å². The van der Waals surface area contributed by atoms with Gasteiger partial charge in [-0.1, -0.05) is 18.9 Å². The zero-order valence-electron chi connectivity index (χ0n) is 17.2. The Balaban J connectivity index is 0.000000755. The van der Waals surface area contributed by atoms with Crippen molar-refractivity contribution in [1.29, 1.82) is 0 Å². The Hall–Kier alpha value is -2.28. The van der Waals surface area contributed by atoms with Crippen molar-refractivity contribution in [2.24, 2.45) is 5.92 Å². The molecule has 160 valence electrons. The summed E-state index contributed by atoms with van der Waals surface area (Å²) in [6, 6.07) is 7.01. The average molecular weight is 405 g/mol. The molecule has 4 rings (SSSR count). The Morgan fingerprint density at radius 2 is 2.14 bits per heavy atom. The first kappa shape index (κ1) is 21.4. The summed E-state index contributed by atoms with van der Waals surface area (Å²) in [5.41, 5.74) is 3.23. The van der Waals surface area contributed by atoms with Gasteiger partial charge in [-0.15, -0.1) is 0 Å². The minimum Gasteiger partial charge on any atom is -0.483 e. The van der Waals surface area contributed by atoms with Gasteiger partial charge in [0.2, 0.25) is 6.79 Å². The number of piperidine rings is 1. The highest BCUT2D eigenvalue weighted by molar-refractivity contribution is 5.59. The third kappa shape index (κ3) is 4.66. The predicted octanol–water partition coefficient (Wildman–Crippen LogP) is 3.63. The summed E-state index contributed by atoms with van der Waals surface area (Å²) in [5.74, 6) is 1.52. The molecular formula is C22H31NO6. The van der Waals surface area contributed by atoms with Crippen LogP contribution in [0.1, 0.15) is 57.1 Å². The van der Waals surface area contributed by atoms with E-state index in [4.69, 9.17) is 24.1 Å². The van der Waals surface area contributed by atoms with E-state index in [1.54, 1.807) is 13.8 Å². The molecule has 2 aliphatic carbocycles. The monoisotopic (exact) mass is 405 g/mol. The minimum absolute atomic E-state index is 0.120. The molecule has 1 aliphatic heterocycles. The van der Waals surface area contributed by atoms with E-state index in [1.807, 2.05) is 6.07 Å². The van der Waals surface area contributed by atoms with E-state index < -0.39 is 6.16 Å². The molecule has 3 atom stereocenters. The van der Waals surface area contributed by atoms with Gasteiger partial charge in [0, 0.05) is 11.5 Å². The van der Waals surface area contributed by atoms with Crippen LogP contribution in [0.5, 0.6) is 5.75 Å². The first-order chi connectivity index (χ1) is 14.0. The summed E-state index contributed by atoms with van der Waals surface area (Å²) < 4.78 is 15.6. The van der Waals surface area contributed by atoms with E-state index in [-0.39, 0.29) is 19.4 Å². The lowest BCUT2D eigenvalue weighted by Crippen LogP contribution is -2.59. The van der Waals surface area contributed by atoms with E-state index in [2.05, 4.69) is 17.4 Å². The Morgan fingerprint density at radius 1 is 1.34 bits per heavy atom. The van der Waals surface area contributed by atoms with Crippen LogP contribution in [0.25, 0.3) is 0 Å². The van der Waals surface area contributed by atoms with Crippen molar-refractivity contribution in [2.45, 2.75) is 69.9 Å². The van der Waals surface area contributed by atoms with Crippen LogP contribution >= 0.6 is 0 Å². The van der Waals surface area contributed by atoms with E-state index in [0.29, 0.717) is 11.5 Å². The maximum Gasteiger partial charge on any atom is 0.511 e. The van der Waals surface area contributed by atoms with Gasteiger partial charge in [0.05, 0.1) is 6.10 Å². The second-order valence-electron chi connectivity index (χ2n) is 8.27. The van der Waals surface area contributed by atoms with E-state index in [0.717, 1.165) is 24.6 Å². The molecule has 2 bridgehead atoms. The highest BCUT2D eigenvalue weighted by Gasteiger charge is 2.51. The maximum atomic E-state index is 11.5. The molecule has 1 aromatic rings. The Labute approximate surface area is 171 Å².